The topological polar surface area (TPSA) is 54.2 Å². The second-order valence-electron chi connectivity index (χ2n) is 4.45. The van der Waals surface area contributed by atoms with Crippen molar-refractivity contribution >= 4 is 17.3 Å². The first-order valence-corrected chi connectivity index (χ1v) is 6.91. The fraction of sp³-hybridized carbons (Fsp3) is 0.357. The Hall–Kier alpha value is -1.95. The molecule has 2 aromatic rings. The highest BCUT2D eigenvalue weighted by Crippen LogP contribution is 2.16. The molecular weight excluding hydrogens is 272 g/mol. The highest BCUT2D eigenvalue weighted by molar-refractivity contribution is 7.80. The molecule has 0 radical (unpaired) electrons. The Labute approximate surface area is 124 Å². The number of nitrogens with zero attached hydrogens (tertiary/aromatic N) is 3. The van der Waals surface area contributed by atoms with Gasteiger partial charge < -0.3 is 14.7 Å². The van der Waals surface area contributed by atoms with Crippen molar-refractivity contribution < 1.29 is 4.52 Å². The maximum Gasteiger partial charge on any atom is 0.246 e. The monoisotopic (exact) mass is 290 g/mol. The smallest absolute Gasteiger partial charge is 0.246 e. The van der Waals surface area contributed by atoms with Gasteiger partial charge in [0.1, 0.15) is 0 Å². The highest BCUT2D eigenvalue weighted by atomic mass is 32.1. The molecule has 0 amide bonds. The van der Waals surface area contributed by atoms with Gasteiger partial charge in [0, 0.05) is 19.2 Å². The average Bonchev–Trinajstić information content (AvgIpc) is 2.93. The zero-order valence-electron chi connectivity index (χ0n) is 11.9. The number of aryl methyl sites for hydroxylation is 1. The molecule has 1 aromatic heterocycles. The van der Waals surface area contributed by atoms with Gasteiger partial charge in [0.25, 0.3) is 0 Å². The van der Waals surface area contributed by atoms with Crippen LogP contribution in [0.2, 0.25) is 0 Å². The molecule has 0 aliphatic heterocycles. The van der Waals surface area contributed by atoms with Crippen molar-refractivity contribution in [2.45, 2.75) is 20.4 Å². The van der Waals surface area contributed by atoms with Crippen molar-refractivity contribution in [2.24, 2.45) is 0 Å². The molecule has 0 saturated carbocycles. The number of thiocarbonyl (C=S) groups is 1. The lowest BCUT2D eigenvalue weighted by Gasteiger charge is -2.20. The first kappa shape index (κ1) is 14.5. The molecule has 1 aromatic carbocycles. The lowest BCUT2D eigenvalue weighted by atomic mass is 10.1. The van der Waals surface area contributed by atoms with Crippen molar-refractivity contribution in [3.63, 3.8) is 0 Å². The zero-order chi connectivity index (χ0) is 14.5. The van der Waals surface area contributed by atoms with Crippen LogP contribution in [0, 0.1) is 6.92 Å². The molecule has 0 saturated heterocycles. The molecule has 2 rings (SSSR count). The molecular formula is C14H18N4OS. The molecule has 0 atom stereocenters. The normalized spacial score (nSPS) is 10.3. The van der Waals surface area contributed by atoms with Gasteiger partial charge in [-0.3, -0.25) is 0 Å². The Morgan fingerprint density at radius 3 is 2.65 bits per heavy atom. The fourth-order valence-corrected chi connectivity index (χ4v) is 1.98. The predicted octanol–water partition coefficient (Wildman–Crippen LogP) is 2.37. The summed E-state index contributed by atoms with van der Waals surface area (Å²) in [6.45, 7) is 5.36. The molecule has 1 heterocycles. The zero-order valence-corrected chi connectivity index (χ0v) is 12.7. The molecule has 6 heteroatoms. The van der Waals surface area contributed by atoms with E-state index in [1.165, 1.54) is 5.56 Å². The molecule has 0 aliphatic carbocycles. The standard InChI is InChI=1S/C14H18N4OS/c1-4-18(14(20)15-3)9-12-16-13(17-19-12)11-7-5-10(2)6-8-11/h5-8H,4,9H2,1-3H3,(H,15,20). The van der Waals surface area contributed by atoms with E-state index in [2.05, 4.69) is 15.5 Å². The summed E-state index contributed by atoms with van der Waals surface area (Å²) in [7, 11) is 1.80. The molecule has 20 heavy (non-hydrogen) atoms. The van der Waals surface area contributed by atoms with Crippen LogP contribution >= 0.6 is 12.2 Å². The third kappa shape index (κ3) is 3.33. The third-order valence-corrected chi connectivity index (χ3v) is 3.45. The van der Waals surface area contributed by atoms with Crippen LogP contribution in [0.3, 0.4) is 0 Å². The van der Waals surface area contributed by atoms with E-state index >= 15 is 0 Å². The van der Waals surface area contributed by atoms with E-state index < -0.39 is 0 Å². The summed E-state index contributed by atoms with van der Waals surface area (Å²) >= 11 is 5.21. The van der Waals surface area contributed by atoms with E-state index in [1.807, 2.05) is 43.0 Å². The quantitative estimate of drug-likeness (QED) is 0.873. The molecule has 0 aliphatic rings. The third-order valence-electron chi connectivity index (χ3n) is 2.99. The van der Waals surface area contributed by atoms with E-state index in [9.17, 15) is 0 Å². The van der Waals surface area contributed by atoms with Crippen LogP contribution in [0.1, 0.15) is 18.4 Å². The Balaban J connectivity index is 2.12. The number of benzene rings is 1. The van der Waals surface area contributed by atoms with Gasteiger partial charge >= 0.3 is 0 Å². The van der Waals surface area contributed by atoms with Gasteiger partial charge in [-0.1, -0.05) is 35.0 Å². The molecule has 0 bridgehead atoms. The summed E-state index contributed by atoms with van der Waals surface area (Å²) in [4.78, 5) is 6.37. The molecule has 5 nitrogen and oxygen atoms in total. The lowest BCUT2D eigenvalue weighted by molar-refractivity contribution is 0.317. The van der Waals surface area contributed by atoms with Gasteiger partial charge in [-0.15, -0.1) is 0 Å². The van der Waals surface area contributed by atoms with E-state index in [0.717, 1.165) is 12.1 Å². The Kier molecular flexibility index (Phi) is 4.68. The van der Waals surface area contributed by atoms with Crippen LogP contribution in [-0.2, 0) is 6.54 Å². The first-order valence-electron chi connectivity index (χ1n) is 6.50. The number of hydrogen-bond donors (Lipinski definition) is 1. The molecule has 106 valence electrons. The molecule has 0 fully saturated rings. The van der Waals surface area contributed by atoms with E-state index in [4.69, 9.17) is 16.7 Å². The molecule has 0 spiro atoms. The van der Waals surface area contributed by atoms with E-state index in [-0.39, 0.29) is 0 Å². The SMILES string of the molecule is CCN(Cc1nc(-c2ccc(C)cc2)no1)C(=S)NC. The summed E-state index contributed by atoms with van der Waals surface area (Å²) in [6, 6.07) is 8.03. The number of aromatic nitrogens is 2. The average molecular weight is 290 g/mol. The lowest BCUT2D eigenvalue weighted by Crippen LogP contribution is -2.37. The van der Waals surface area contributed by atoms with Crippen LogP contribution < -0.4 is 5.32 Å². The minimum atomic E-state index is 0.509. The fourth-order valence-electron chi connectivity index (χ4n) is 1.79. The summed E-state index contributed by atoms with van der Waals surface area (Å²) in [5, 5.41) is 7.63. The van der Waals surface area contributed by atoms with Gasteiger partial charge in [-0.2, -0.15) is 4.98 Å². The second kappa shape index (κ2) is 6.47. The van der Waals surface area contributed by atoms with Gasteiger partial charge in [0.15, 0.2) is 5.11 Å². The van der Waals surface area contributed by atoms with Crippen LogP contribution in [0.25, 0.3) is 11.4 Å². The predicted molar refractivity (Wildman–Crippen MR) is 82.2 cm³/mol. The van der Waals surface area contributed by atoms with Crippen molar-refractivity contribution in [3.8, 4) is 11.4 Å². The van der Waals surface area contributed by atoms with Gasteiger partial charge in [-0.05, 0) is 26.1 Å². The van der Waals surface area contributed by atoms with Crippen LogP contribution in [0.4, 0.5) is 0 Å². The summed E-state index contributed by atoms with van der Waals surface area (Å²) in [5.74, 6) is 1.16. The van der Waals surface area contributed by atoms with Crippen molar-refractivity contribution in [1.82, 2.24) is 20.4 Å². The maximum absolute atomic E-state index is 5.29. The van der Waals surface area contributed by atoms with Crippen LogP contribution in [0.15, 0.2) is 28.8 Å². The molecule has 1 N–H and O–H groups in total. The summed E-state index contributed by atoms with van der Waals surface area (Å²) in [6.07, 6.45) is 0. The largest absolute Gasteiger partial charge is 0.366 e. The Morgan fingerprint density at radius 2 is 2.05 bits per heavy atom. The highest BCUT2D eigenvalue weighted by Gasteiger charge is 2.13. The van der Waals surface area contributed by atoms with Crippen molar-refractivity contribution in [2.75, 3.05) is 13.6 Å². The number of rotatable bonds is 4. The Morgan fingerprint density at radius 1 is 1.35 bits per heavy atom. The number of nitrogens with one attached hydrogen (secondary N) is 1. The van der Waals surface area contributed by atoms with E-state index in [1.54, 1.807) is 7.05 Å². The minimum Gasteiger partial charge on any atom is -0.366 e. The maximum atomic E-state index is 5.29. The van der Waals surface area contributed by atoms with Crippen LogP contribution in [-0.4, -0.2) is 33.7 Å². The number of hydrogen-bond acceptors (Lipinski definition) is 4. The summed E-state index contributed by atoms with van der Waals surface area (Å²) in [5.41, 5.74) is 2.15. The minimum absolute atomic E-state index is 0.509. The van der Waals surface area contributed by atoms with E-state index in [0.29, 0.717) is 23.4 Å². The van der Waals surface area contributed by atoms with Crippen molar-refractivity contribution in [1.29, 1.82) is 0 Å². The van der Waals surface area contributed by atoms with Crippen LogP contribution in [0.5, 0.6) is 0 Å². The molecule has 0 unspecified atom stereocenters. The van der Waals surface area contributed by atoms with Gasteiger partial charge in [0.05, 0.1) is 6.54 Å². The first-order chi connectivity index (χ1) is 9.63. The second-order valence-corrected chi connectivity index (χ2v) is 4.83. The van der Waals surface area contributed by atoms with Gasteiger partial charge in [-0.25, -0.2) is 0 Å². The van der Waals surface area contributed by atoms with Gasteiger partial charge in [0.2, 0.25) is 11.7 Å². The Bertz CT molecular complexity index is 579. The van der Waals surface area contributed by atoms with Crippen molar-refractivity contribution in [3.05, 3.63) is 35.7 Å². The summed E-state index contributed by atoms with van der Waals surface area (Å²) < 4.78 is 5.29.